The second kappa shape index (κ2) is 11.2. The minimum absolute atomic E-state index is 0.353. The number of hydrogen-bond donors (Lipinski definition) is 3. The van der Waals surface area contributed by atoms with E-state index in [1.54, 1.807) is 12.1 Å². The molecule has 3 aromatic rings. The molecular weight excluding hydrogens is 414 g/mol. The van der Waals surface area contributed by atoms with E-state index in [2.05, 4.69) is 49.5 Å². The van der Waals surface area contributed by atoms with E-state index < -0.39 is 5.97 Å². The Morgan fingerprint density at radius 1 is 0.933 bits per heavy atom. The first-order chi connectivity index (χ1) is 14.6. The number of aromatic carboxylic acids is 1. The average Bonchev–Trinajstić information content (AvgIpc) is 3.13. The zero-order chi connectivity index (χ0) is 21.3. The Balaban J connectivity index is 1.72. The van der Waals surface area contributed by atoms with Crippen molar-refractivity contribution < 1.29 is 9.90 Å². The molecule has 0 radical (unpaired) electrons. The molecule has 0 amide bonds. The van der Waals surface area contributed by atoms with Crippen LogP contribution in [0.25, 0.3) is 0 Å². The van der Waals surface area contributed by atoms with Gasteiger partial charge in [-0.2, -0.15) is 30.4 Å². The molecule has 0 fully saturated rings. The minimum atomic E-state index is -0.893. The Labute approximate surface area is 188 Å². The summed E-state index contributed by atoms with van der Waals surface area (Å²) in [4.78, 5) is 16.1. The van der Waals surface area contributed by atoms with E-state index in [1.807, 2.05) is 16.8 Å². The summed E-state index contributed by atoms with van der Waals surface area (Å²) in [5.41, 5.74) is 3.39. The predicted octanol–water partition coefficient (Wildman–Crippen LogP) is 4.34. The van der Waals surface area contributed by atoms with Gasteiger partial charge < -0.3 is 5.11 Å². The van der Waals surface area contributed by atoms with Crippen LogP contribution in [-0.2, 0) is 25.8 Å². The van der Waals surface area contributed by atoms with Crippen molar-refractivity contribution in [1.29, 1.82) is 0 Å². The average molecular weight is 442 g/mol. The fourth-order valence-electron chi connectivity index (χ4n) is 3.36. The summed E-state index contributed by atoms with van der Waals surface area (Å²) < 4.78 is 1.99. The number of thiol groups is 2. The molecule has 2 aromatic carbocycles. The van der Waals surface area contributed by atoms with E-state index >= 15 is 0 Å². The van der Waals surface area contributed by atoms with Crippen molar-refractivity contribution in [2.75, 3.05) is 11.5 Å². The Hall–Kier alpha value is -2.25. The molecule has 5 nitrogen and oxygen atoms in total. The molecule has 1 N–H and O–H groups in total. The predicted molar refractivity (Wildman–Crippen MR) is 126 cm³/mol. The summed E-state index contributed by atoms with van der Waals surface area (Å²) in [6.45, 7) is 0.668. The van der Waals surface area contributed by atoms with Crippen LogP contribution in [0.15, 0.2) is 48.5 Å². The zero-order valence-corrected chi connectivity index (χ0v) is 18.7. The molecule has 30 heavy (non-hydrogen) atoms. The van der Waals surface area contributed by atoms with Gasteiger partial charge in [0.05, 0.1) is 12.1 Å². The molecule has 0 saturated heterocycles. The fraction of sp³-hybridized carbons (Fsp3) is 0.348. The van der Waals surface area contributed by atoms with E-state index in [0.717, 1.165) is 65.5 Å². The van der Waals surface area contributed by atoms with Gasteiger partial charge in [-0.1, -0.05) is 42.5 Å². The normalized spacial score (nSPS) is 11.0. The van der Waals surface area contributed by atoms with E-state index in [1.165, 1.54) is 0 Å². The van der Waals surface area contributed by atoms with Gasteiger partial charge in [-0.05, 0) is 53.5 Å². The standard InChI is InChI=1S/C23H27N3O2S2/c27-23(28)20-6-2-1-5-19(20)15-17-9-11-18(12-10-17)16-26-22(8-4-14-30)24-21(25-26)7-3-13-29/h1-2,5-6,9-12,29-30H,3-4,7-8,13-16H2,(H,27,28). The first kappa shape index (κ1) is 22.4. The van der Waals surface area contributed by atoms with Crippen LogP contribution < -0.4 is 0 Å². The van der Waals surface area contributed by atoms with Crippen LogP contribution in [0, 0.1) is 0 Å². The maximum absolute atomic E-state index is 11.4. The van der Waals surface area contributed by atoms with Crippen LogP contribution in [0.5, 0.6) is 0 Å². The number of rotatable bonds is 11. The third-order valence-corrected chi connectivity index (χ3v) is 5.54. The quantitative estimate of drug-likeness (QED) is 0.387. The highest BCUT2D eigenvalue weighted by molar-refractivity contribution is 7.80. The molecule has 7 heteroatoms. The molecule has 0 bridgehead atoms. The molecule has 0 saturated carbocycles. The van der Waals surface area contributed by atoms with Crippen molar-refractivity contribution in [1.82, 2.24) is 14.8 Å². The Morgan fingerprint density at radius 3 is 2.30 bits per heavy atom. The molecule has 3 rings (SSSR count). The summed E-state index contributed by atoms with van der Waals surface area (Å²) >= 11 is 8.59. The second-order valence-corrected chi connectivity index (χ2v) is 8.11. The molecular formula is C23H27N3O2S2. The van der Waals surface area contributed by atoms with Gasteiger partial charge in [0.1, 0.15) is 5.82 Å². The van der Waals surface area contributed by atoms with Gasteiger partial charge in [0.2, 0.25) is 0 Å². The lowest BCUT2D eigenvalue weighted by molar-refractivity contribution is 0.0696. The number of aryl methyl sites for hydroxylation is 2. The summed E-state index contributed by atoms with van der Waals surface area (Å²) in [5.74, 6) is 2.63. The van der Waals surface area contributed by atoms with Gasteiger partial charge in [-0.15, -0.1) is 0 Å². The van der Waals surface area contributed by atoms with Gasteiger partial charge >= 0.3 is 5.97 Å². The van der Waals surface area contributed by atoms with Crippen LogP contribution in [0.1, 0.15) is 51.5 Å². The lowest BCUT2D eigenvalue weighted by Crippen LogP contribution is -2.08. The van der Waals surface area contributed by atoms with Gasteiger partial charge in [0.15, 0.2) is 5.82 Å². The number of aromatic nitrogens is 3. The lowest BCUT2D eigenvalue weighted by Gasteiger charge is -2.09. The largest absolute Gasteiger partial charge is 0.478 e. The van der Waals surface area contributed by atoms with Crippen LogP contribution in [0.3, 0.4) is 0 Å². The zero-order valence-electron chi connectivity index (χ0n) is 16.9. The molecule has 0 unspecified atom stereocenters. The minimum Gasteiger partial charge on any atom is -0.478 e. The molecule has 0 aliphatic heterocycles. The number of hydrogen-bond acceptors (Lipinski definition) is 5. The Kier molecular flexibility index (Phi) is 8.39. The highest BCUT2D eigenvalue weighted by atomic mass is 32.1. The monoisotopic (exact) mass is 441 g/mol. The van der Waals surface area contributed by atoms with Gasteiger partial charge in [-0.3, -0.25) is 0 Å². The number of carboxylic acids is 1. The third-order valence-electron chi connectivity index (χ3n) is 4.91. The molecule has 0 aliphatic carbocycles. The molecule has 0 spiro atoms. The highest BCUT2D eigenvalue weighted by Gasteiger charge is 2.12. The first-order valence-electron chi connectivity index (χ1n) is 10.1. The van der Waals surface area contributed by atoms with Crippen molar-refractivity contribution in [2.45, 2.75) is 38.6 Å². The van der Waals surface area contributed by atoms with E-state index in [0.29, 0.717) is 18.5 Å². The van der Waals surface area contributed by atoms with Crippen LogP contribution in [-0.4, -0.2) is 37.3 Å². The molecule has 1 aromatic heterocycles. The van der Waals surface area contributed by atoms with E-state index in [4.69, 9.17) is 10.1 Å². The van der Waals surface area contributed by atoms with Crippen molar-refractivity contribution >= 4 is 31.2 Å². The van der Waals surface area contributed by atoms with E-state index in [-0.39, 0.29) is 0 Å². The SMILES string of the molecule is O=C(O)c1ccccc1Cc1ccc(Cn2nc(CCCS)nc2CCCS)cc1. The van der Waals surface area contributed by atoms with Crippen molar-refractivity contribution in [3.63, 3.8) is 0 Å². The third kappa shape index (κ3) is 6.12. The summed E-state index contributed by atoms with van der Waals surface area (Å²) in [5, 5.41) is 14.1. The summed E-state index contributed by atoms with van der Waals surface area (Å²) in [7, 11) is 0. The Morgan fingerprint density at radius 2 is 1.60 bits per heavy atom. The maximum Gasteiger partial charge on any atom is 0.335 e. The number of benzene rings is 2. The van der Waals surface area contributed by atoms with Crippen LogP contribution in [0.4, 0.5) is 0 Å². The fourth-order valence-corrected chi connectivity index (χ4v) is 3.67. The molecule has 0 atom stereocenters. The lowest BCUT2D eigenvalue weighted by atomic mass is 9.99. The first-order valence-corrected chi connectivity index (χ1v) is 11.4. The topological polar surface area (TPSA) is 68.0 Å². The van der Waals surface area contributed by atoms with Crippen LogP contribution >= 0.6 is 25.3 Å². The molecule has 158 valence electrons. The van der Waals surface area contributed by atoms with Gasteiger partial charge in [0.25, 0.3) is 0 Å². The number of carboxylic acid groups (broad SMARTS) is 1. The Bertz CT molecular complexity index is 971. The maximum atomic E-state index is 11.4. The second-order valence-electron chi connectivity index (χ2n) is 7.21. The highest BCUT2D eigenvalue weighted by Crippen LogP contribution is 2.16. The van der Waals surface area contributed by atoms with Crippen LogP contribution in [0.2, 0.25) is 0 Å². The number of nitrogens with zero attached hydrogens (tertiary/aromatic N) is 3. The van der Waals surface area contributed by atoms with Crippen molar-refractivity contribution in [2.24, 2.45) is 0 Å². The van der Waals surface area contributed by atoms with Gasteiger partial charge in [0, 0.05) is 12.8 Å². The van der Waals surface area contributed by atoms with E-state index in [9.17, 15) is 9.90 Å². The van der Waals surface area contributed by atoms with Crippen molar-refractivity contribution in [3.8, 4) is 0 Å². The van der Waals surface area contributed by atoms with Gasteiger partial charge in [-0.25, -0.2) is 14.5 Å². The number of carbonyl (C=O) groups is 1. The smallest absolute Gasteiger partial charge is 0.335 e. The molecule has 1 heterocycles. The summed E-state index contributed by atoms with van der Waals surface area (Å²) in [6, 6.07) is 15.4. The molecule has 0 aliphatic rings. The van der Waals surface area contributed by atoms with Crippen molar-refractivity contribution in [3.05, 3.63) is 82.4 Å². The summed E-state index contributed by atoms with van der Waals surface area (Å²) in [6.07, 6.45) is 4.22.